The van der Waals surface area contributed by atoms with Crippen LogP contribution in [0, 0.1) is 17.2 Å². The molecule has 0 aromatic carbocycles. The average molecular weight is 197 g/mol. The highest BCUT2D eigenvalue weighted by Crippen LogP contribution is 2.39. The van der Waals surface area contributed by atoms with Crippen LogP contribution < -0.4 is 0 Å². The summed E-state index contributed by atoms with van der Waals surface area (Å²) in [5.41, 5.74) is -0.454. The molecule has 1 fully saturated rings. The SMILES string of the molecule is CC1CCCC1(C#N)O[Si](C)(C)C. The molecule has 0 heterocycles. The molecule has 1 saturated carbocycles. The molecule has 1 aliphatic rings. The lowest BCUT2D eigenvalue weighted by Gasteiger charge is -2.33. The summed E-state index contributed by atoms with van der Waals surface area (Å²) in [7, 11) is -1.58. The van der Waals surface area contributed by atoms with Gasteiger partial charge in [0.05, 0.1) is 6.07 Å². The van der Waals surface area contributed by atoms with Crippen molar-refractivity contribution in [3.05, 3.63) is 0 Å². The minimum absolute atomic E-state index is 0.407. The highest BCUT2D eigenvalue weighted by molar-refractivity contribution is 6.69. The minimum Gasteiger partial charge on any atom is -0.400 e. The van der Waals surface area contributed by atoms with Gasteiger partial charge in [0.2, 0.25) is 0 Å². The lowest BCUT2D eigenvalue weighted by Crippen LogP contribution is -2.43. The average Bonchev–Trinajstić information content (AvgIpc) is 2.30. The van der Waals surface area contributed by atoms with Gasteiger partial charge in [0, 0.05) is 0 Å². The number of nitriles is 1. The number of nitrogens with zero attached hydrogens (tertiary/aromatic N) is 1. The smallest absolute Gasteiger partial charge is 0.185 e. The molecule has 0 aromatic rings. The van der Waals surface area contributed by atoms with Crippen LogP contribution in [-0.4, -0.2) is 13.9 Å². The molecule has 1 aliphatic carbocycles. The van der Waals surface area contributed by atoms with Crippen LogP contribution in [0.4, 0.5) is 0 Å². The largest absolute Gasteiger partial charge is 0.400 e. The highest BCUT2D eigenvalue weighted by atomic mass is 28.4. The maximum absolute atomic E-state index is 9.20. The van der Waals surface area contributed by atoms with Crippen LogP contribution in [0.25, 0.3) is 0 Å². The van der Waals surface area contributed by atoms with E-state index in [1.807, 2.05) is 0 Å². The first kappa shape index (κ1) is 10.7. The Morgan fingerprint density at radius 2 is 2.08 bits per heavy atom. The summed E-state index contributed by atoms with van der Waals surface area (Å²) >= 11 is 0. The standard InChI is InChI=1S/C10H19NOSi/c1-9-6-5-7-10(9,8-11)12-13(2,3)4/h9H,5-7H2,1-4H3. The van der Waals surface area contributed by atoms with E-state index in [2.05, 4.69) is 32.6 Å². The maximum atomic E-state index is 9.20. The first-order valence-electron chi connectivity index (χ1n) is 5.01. The minimum atomic E-state index is -1.58. The molecule has 2 atom stereocenters. The third-order valence-corrected chi connectivity index (χ3v) is 3.64. The second kappa shape index (κ2) is 3.43. The Labute approximate surface area is 82.0 Å². The molecular weight excluding hydrogens is 178 g/mol. The zero-order valence-electron chi connectivity index (χ0n) is 9.05. The Hall–Kier alpha value is -0.333. The Kier molecular flexibility index (Phi) is 2.84. The molecule has 0 N–H and O–H groups in total. The number of rotatable bonds is 2. The molecule has 13 heavy (non-hydrogen) atoms. The van der Waals surface area contributed by atoms with Gasteiger partial charge in [-0.2, -0.15) is 5.26 Å². The van der Waals surface area contributed by atoms with Gasteiger partial charge in [0.15, 0.2) is 8.32 Å². The zero-order valence-corrected chi connectivity index (χ0v) is 10.1. The maximum Gasteiger partial charge on any atom is 0.185 e. The Balaban J connectivity index is 2.78. The Morgan fingerprint density at radius 3 is 2.38 bits per heavy atom. The van der Waals surface area contributed by atoms with E-state index in [9.17, 15) is 5.26 Å². The van der Waals surface area contributed by atoms with Crippen molar-refractivity contribution in [1.29, 1.82) is 5.26 Å². The molecule has 0 aromatic heterocycles. The third kappa shape index (κ3) is 2.32. The van der Waals surface area contributed by atoms with Crippen molar-refractivity contribution in [2.24, 2.45) is 5.92 Å². The molecule has 0 radical (unpaired) electrons. The van der Waals surface area contributed by atoms with E-state index >= 15 is 0 Å². The first-order chi connectivity index (χ1) is 5.90. The van der Waals surface area contributed by atoms with Crippen molar-refractivity contribution < 1.29 is 4.43 Å². The van der Waals surface area contributed by atoms with E-state index in [-0.39, 0.29) is 0 Å². The van der Waals surface area contributed by atoms with Crippen LogP contribution in [0.5, 0.6) is 0 Å². The summed E-state index contributed by atoms with van der Waals surface area (Å²) < 4.78 is 6.03. The molecule has 0 saturated heterocycles. The van der Waals surface area contributed by atoms with Gasteiger partial charge >= 0.3 is 0 Å². The Morgan fingerprint density at radius 1 is 1.46 bits per heavy atom. The van der Waals surface area contributed by atoms with E-state index < -0.39 is 13.9 Å². The van der Waals surface area contributed by atoms with E-state index in [0.29, 0.717) is 5.92 Å². The van der Waals surface area contributed by atoms with Gasteiger partial charge in [-0.15, -0.1) is 0 Å². The van der Waals surface area contributed by atoms with Crippen LogP contribution in [-0.2, 0) is 4.43 Å². The second-order valence-corrected chi connectivity index (χ2v) is 9.44. The van der Waals surface area contributed by atoms with Crippen LogP contribution in [0.3, 0.4) is 0 Å². The van der Waals surface area contributed by atoms with Crippen LogP contribution in [0.1, 0.15) is 26.2 Å². The molecule has 3 heteroatoms. The van der Waals surface area contributed by atoms with Crippen LogP contribution in [0.15, 0.2) is 0 Å². The van der Waals surface area contributed by atoms with Crippen LogP contribution >= 0.6 is 0 Å². The van der Waals surface area contributed by atoms with Gasteiger partial charge in [-0.1, -0.05) is 6.92 Å². The summed E-state index contributed by atoms with van der Waals surface area (Å²) in [4.78, 5) is 0. The predicted molar refractivity (Wildman–Crippen MR) is 55.8 cm³/mol. The lowest BCUT2D eigenvalue weighted by atomic mass is 9.95. The van der Waals surface area contributed by atoms with E-state index in [0.717, 1.165) is 19.3 Å². The Bertz CT molecular complexity index is 228. The van der Waals surface area contributed by atoms with Crippen LogP contribution in [0.2, 0.25) is 19.6 Å². The monoisotopic (exact) mass is 197 g/mol. The van der Waals surface area contributed by atoms with Crippen molar-refractivity contribution in [2.45, 2.75) is 51.4 Å². The first-order valence-corrected chi connectivity index (χ1v) is 8.42. The molecule has 1 rings (SSSR count). The molecule has 2 unspecified atom stereocenters. The molecule has 74 valence electrons. The van der Waals surface area contributed by atoms with Crippen molar-refractivity contribution in [3.8, 4) is 6.07 Å². The normalized spacial score (nSPS) is 34.5. The zero-order chi connectivity index (χ0) is 10.1. The fraction of sp³-hybridized carbons (Fsp3) is 0.900. The van der Waals surface area contributed by atoms with Gasteiger partial charge < -0.3 is 4.43 Å². The third-order valence-electron chi connectivity index (χ3n) is 2.66. The predicted octanol–water partition coefficient (Wildman–Crippen LogP) is 2.92. The second-order valence-electron chi connectivity index (χ2n) is 5.01. The lowest BCUT2D eigenvalue weighted by molar-refractivity contribution is 0.0860. The number of hydrogen-bond acceptors (Lipinski definition) is 2. The summed E-state index contributed by atoms with van der Waals surface area (Å²) in [5, 5.41) is 9.20. The summed E-state index contributed by atoms with van der Waals surface area (Å²) in [6.45, 7) is 8.59. The molecule has 0 aliphatic heterocycles. The molecule has 0 spiro atoms. The fourth-order valence-electron chi connectivity index (χ4n) is 2.04. The molecule has 0 amide bonds. The topological polar surface area (TPSA) is 33.0 Å². The highest BCUT2D eigenvalue weighted by Gasteiger charge is 2.44. The van der Waals surface area contributed by atoms with Gasteiger partial charge in [-0.25, -0.2) is 0 Å². The molecular formula is C10H19NOSi. The van der Waals surface area contributed by atoms with Crippen molar-refractivity contribution in [1.82, 2.24) is 0 Å². The quantitative estimate of drug-likeness (QED) is 0.638. The van der Waals surface area contributed by atoms with Crippen molar-refractivity contribution >= 4 is 8.32 Å². The molecule has 0 bridgehead atoms. The van der Waals surface area contributed by atoms with Gasteiger partial charge in [-0.05, 0) is 44.8 Å². The van der Waals surface area contributed by atoms with Gasteiger partial charge in [0.25, 0.3) is 0 Å². The fourth-order valence-corrected chi connectivity index (χ4v) is 3.48. The number of hydrogen-bond donors (Lipinski definition) is 0. The van der Waals surface area contributed by atoms with Gasteiger partial charge in [0.1, 0.15) is 5.60 Å². The summed E-state index contributed by atoms with van der Waals surface area (Å²) in [6, 6.07) is 2.40. The molecule has 2 nitrogen and oxygen atoms in total. The van der Waals surface area contributed by atoms with E-state index in [1.165, 1.54) is 0 Å². The van der Waals surface area contributed by atoms with E-state index in [1.54, 1.807) is 0 Å². The van der Waals surface area contributed by atoms with E-state index in [4.69, 9.17) is 4.43 Å². The summed E-state index contributed by atoms with van der Waals surface area (Å²) in [5.74, 6) is 0.407. The summed E-state index contributed by atoms with van der Waals surface area (Å²) in [6.07, 6.45) is 3.20. The van der Waals surface area contributed by atoms with Crippen molar-refractivity contribution in [3.63, 3.8) is 0 Å². The van der Waals surface area contributed by atoms with Gasteiger partial charge in [-0.3, -0.25) is 0 Å². The van der Waals surface area contributed by atoms with Crippen molar-refractivity contribution in [2.75, 3.05) is 0 Å².